The molecule has 0 aromatic carbocycles. The van der Waals surface area contributed by atoms with E-state index in [1.807, 2.05) is 19.9 Å². The van der Waals surface area contributed by atoms with Gasteiger partial charge in [-0.15, -0.1) is 0 Å². The number of ketones is 1. The fourth-order valence-corrected chi connectivity index (χ4v) is 8.18. The van der Waals surface area contributed by atoms with Crippen LogP contribution in [0.4, 0.5) is 0 Å². The monoisotopic (exact) mass is 496 g/mol. The first kappa shape index (κ1) is 25.0. The molecule has 3 fully saturated rings. The van der Waals surface area contributed by atoms with E-state index in [2.05, 4.69) is 26.5 Å². The number of carbonyl (C=O) groups excluding carboxylic acids is 3. The highest BCUT2D eigenvalue weighted by Gasteiger charge is 2.72. The van der Waals surface area contributed by atoms with E-state index in [0.29, 0.717) is 0 Å². The minimum absolute atomic E-state index is 0.0243. The Morgan fingerprint density at radius 1 is 1.22 bits per heavy atom. The van der Waals surface area contributed by atoms with Crippen molar-refractivity contribution in [1.82, 2.24) is 0 Å². The van der Waals surface area contributed by atoms with E-state index in [4.69, 9.17) is 18.6 Å². The molecular formula is C29H36O7. The van der Waals surface area contributed by atoms with Crippen LogP contribution in [0.3, 0.4) is 0 Å². The predicted octanol–water partition coefficient (Wildman–Crippen LogP) is 4.77. The second-order valence-corrected chi connectivity index (χ2v) is 11.9. The summed E-state index contributed by atoms with van der Waals surface area (Å²) in [5, 5.41) is 0. The Labute approximate surface area is 212 Å². The van der Waals surface area contributed by atoms with E-state index in [0.717, 1.165) is 23.1 Å². The van der Waals surface area contributed by atoms with Gasteiger partial charge < -0.3 is 18.6 Å². The number of ether oxygens (including phenoxy) is 3. The molecular weight excluding hydrogens is 460 g/mol. The normalized spacial score (nSPS) is 40.7. The van der Waals surface area contributed by atoms with Crippen molar-refractivity contribution in [3.63, 3.8) is 0 Å². The van der Waals surface area contributed by atoms with Gasteiger partial charge in [-0.05, 0) is 35.1 Å². The minimum Gasteiger partial charge on any atom is -0.472 e. The molecule has 7 heteroatoms. The predicted molar refractivity (Wildman–Crippen MR) is 131 cm³/mol. The zero-order chi connectivity index (χ0) is 26.2. The van der Waals surface area contributed by atoms with Gasteiger partial charge in [0, 0.05) is 47.8 Å². The number of fused-ring (bicyclic) bond motifs is 4. The lowest BCUT2D eigenvalue weighted by molar-refractivity contribution is -0.171. The zero-order valence-corrected chi connectivity index (χ0v) is 22.0. The highest BCUT2D eigenvalue weighted by atomic mass is 16.6. The Bertz CT molecular complexity index is 1140. The van der Waals surface area contributed by atoms with Gasteiger partial charge >= 0.3 is 11.9 Å². The quantitative estimate of drug-likeness (QED) is 0.555. The van der Waals surface area contributed by atoms with Crippen LogP contribution in [-0.4, -0.2) is 43.1 Å². The zero-order valence-electron chi connectivity index (χ0n) is 22.0. The first-order chi connectivity index (χ1) is 16.9. The lowest BCUT2D eigenvalue weighted by Crippen LogP contribution is -2.59. The number of hydrogen-bond donors (Lipinski definition) is 0. The number of esters is 2. The number of Topliss-reactive ketones (excluding diaryl/α,β-unsaturated/α-hetero) is 1. The third-order valence-corrected chi connectivity index (χ3v) is 10.0. The van der Waals surface area contributed by atoms with Crippen molar-refractivity contribution in [3.05, 3.63) is 48.0 Å². The number of methoxy groups -OCH3 is 1. The maximum Gasteiger partial charge on any atom is 0.305 e. The summed E-state index contributed by atoms with van der Waals surface area (Å²) in [6.45, 7) is 14.1. The molecule has 1 saturated heterocycles. The van der Waals surface area contributed by atoms with Gasteiger partial charge in [0.1, 0.15) is 18.0 Å². The first-order valence-corrected chi connectivity index (χ1v) is 12.7. The Morgan fingerprint density at radius 3 is 2.56 bits per heavy atom. The molecule has 1 aliphatic heterocycles. The van der Waals surface area contributed by atoms with Crippen LogP contribution in [0.2, 0.25) is 0 Å². The fourth-order valence-electron chi connectivity index (χ4n) is 8.18. The van der Waals surface area contributed by atoms with Crippen molar-refractivity contribution in [2.75, 3.05) is 7.11 Å². The van der Waals surface area contributed by atoms with E-state index < -0.39 is 34.6 Å². The Kier molecular flexibility index (Phi) is 5.67. The van der Waals surface area contributed by atoms with Crippen LogP contribution in [-0.2, 0) is 28.6 Å². The van der Waals surface area contributed by atoms with Crippen molar-refractivity contribution in [2.24, 2.45) is 28.1 Å². The van der Waals surface area contributed by atoms with Crippen molar-refractivity contribution in [2.45, 2.75) is 78.1 Å². The molecule has 2 saturated carbocycles. The number of hydrogen-bond acceptors (Lipinski definition) is 7. The Morgan fingerprint density at radius 2 is 1.94 bits per heavy atom. The molecule has 1 aromatic heterocycles. The molecule has 1 aromatic rings. The average Bonchev–Trinajstić information content (AvgIpc) is 3.51. The van der Waals surface area contributed by atoms with Gasteiger partial charge in [0.25, 0.3) is 0 Å². The maximum absolute atomic E-state index is 13.3. The van der Waals surface area contributed by atoms with Crippen LogP contribution >= 0.6 is 0 Å². The number of allylic oxidation sites excluding steroid dienone is 1. The maximum atomic E-state index is 13.3. The number of carbonyl (C=O) groups is 3. The van der Waals surface area contributed by atoms with Crippen molar-refractivity contribution < 1.29 is 33.0 Å². The highest BCUT2D eigenvalue weighted by molar-refractivity contribution is 5.87. The minimum atomic E-state index is -0.751. The van der Waals surface area contributed by atoms with Crippen LogP contribution in [0.25, 0.3) is 0 Å². The van der Waals surface area contributed by atoms with Gasteiger partial charge in [-0.3, -0.25) is 14.4 Å². The summed E-state index contributed by atoms with van der Waals surface area (Å²) in [6.07, 6.45) is 5.22. The third-order valence-electron chi connectivity index (χ3n) is 10.0. The van der Waals surface area contributed by atoms with Crippen molar-refractivity contribution in [3.8, 4) is 0 Å². The molecule has 0 radical (unpaired) electrons. The summed E-state index contributed by atoms with van der Waals surface area (Å²) in [7, 11) is 1.37. The molecule has 8 atom stereocenters. The number of furan rings is 1. The average molecular weight is 497 g/mol. The lowest BCUT2D eigenvalue weighted by atomic mass is 9.46. The molecule has 0 amide bonds. The van der Waals surface area contributed by atoms with Crippen LogP contribution in [0.1, 0.15) is 65.4 Å². The van der Waals surface area contributed by atoms with Gasteiger partial charge in [-0.2, -0.15) is 0 Å². The Balaban J connectivity index is 1.65. The van der Waals surface area contributed by atoms with Crippen LogP contribution in [0.15, 0.2) is 46.8 Å². The molecule has 8 unspecified atom stereocenters. The van der Waals surface area contributed by atoms with E-state index in [-0.39, 0.29) is 48.3 Å². The molecule has 3 aliphatic carbocycles. The first-order valence-electron chi connectivity index (χ1n) is 12.7. The summed E-state index contributed by atoms with van der Waals surface area (Å²) in [5.41, 5.74) is 1.14. The van der Waals surface area contributed by atoms with Gasteiger partial charge in [0.2, 0.25) is 0 Å². The van der Waals surface area contributed by atoms with Crippen LogP contribution < -0.4 is 0 Å². The molecule has 2 heterocycles. The molecule has 5 rings (SSSR count). The lowest BCUT2D eigenvalue weighted by Gasteiger charge is -2.55. The summed E-state index contributed by atoms with van der Waals surface area (Å²) >= 11 is 0. The molecule has 36 heavy (non-hydrogen) atoms. The third kappa shape index (κ3) is 3.17. The van der Waals surface area contributed by atoms with Crippen LogP contribution in [0.5, 0.6) is 0 Å². The van der Waals surface area contributed by atoms with E-state index in [9.17, 15) is 14.4 Å². The smallest absolute Gasteiger partial charge is 0.305 e. The second kappa shape index (κ2) is 8.17. The fraction of sp³-hybridized carbons (Fsp3) is 0.621. The van der Waals surface area contributed by atoms with Gasteiger partial charge in [0.05, 0.1) is 25.7 Å². The SMILES string of the molecule is C=C1C2=CCC(c3ccoc3)C2(C)C(OC(C)=O)C2OC3CC(=O)C(C)(C)C(CC(=O)OC)C3(C)C12. The molecule has 0 bridgehead atoms. The Hall–Kier alpha value is -2.67. The topological polar surface area (TPSA) is 92.0 Å². The standard InChI is InChI=1S/C29H36O7/c1-15-18-8-9-19(17-10-11-34-14-17)28(18,5)26(35-16(2)30)25-24(15)29(6)20(12-23(32)33-7)27(3,4)21(31)13-22(29)36-25/h8,10-11,14,19-20,22,24-26H,1,9,12-13H2,2-7H3. The van der Waals surface area contributed by atoms with Gasteiger partial charge in [-0.25, -0.2) is 0 Å². The van der Waals surface area contributed by atoms with E-state index >= 15 is 0 Å². The highest BCUT2D eigenvalue weighted by Crippen LogP contribution is 2.69. The summed E-state index contributed by atoms with van der Waals surface area (Å²) in [6, 6.07) is 1.95. The van der Waals surface area contributed by atoms with Crippen molar-refractivity contribution >= 4 is 17.7 Å². The number of rotatable bonds is 4. The van der Waals surface area contributed by atoms with E-state index in [1.165, 1.54) is 14.0 Å². The summed E-state index contributed by atoms with van der Waals surface area (Å²) in [5.74, 6) is -1.20. The summed E-state index contributed by atoms with van der Waals surface area (Å²) in [4.78, 5) is 38.4. The van der Waals surface area contributed by atoms with Gasteiger partial charge in [-0.1, -0.05) is 40.3 Å². The van der Waals surface area contributed by atoms with Crippen molar-refractivity contribution in [1.29, 1.82) is 0 Å². The molecule has 7 nitrogen and oxygen atoms in total. The summed E-state index contributed by atoms with van der Waals surface area (Å²) < 4.78 is 23.3. The molecule has 4 aliphatic rings. The largest absolute Gasteiger partial charge is 0.472 e. The second-order valence-electron chi connectivity index (χ2n) is 11.9. The van der Waals surface area contributed by atoms with E-state index in [1.54, 1.807) is 12.5 Å². The molecule has 0 N–H and O–H groups in total. The molecule has 194 valence electrons. The van der Waals surface area contributed by atoms with Crippen LogP contribution in [0, 0.1) is 28.1 Å². The van der Waals surface area contributed by atoms with Gasteiger partial charge in [0.15, 0.2) is 0 Å². The molecule has 0 spiro atoms.